The number of aliphatic hydroxyl groups is 1. The maximum Gasteiger partial charge on any atom is 0.119 e. The summed E-state index contributed by atoms with van der Waals surface area (Å²) in [7, 11) is 0. The van der Waals surface area contributed by atoms with Crippen molar-refractivity contribution < 1.29 is 9.84 Å². The van der Waals surface area contributed by atoms with Gasteiger partial charge >= 0.3 is 0 Å². The second-order valence-electron chi connectivity index (χ2n) is 6.12. The Morgan fingerprint density at radius 1 is 1.12 bits per heavy atom. The Kier molecular flexibility index (Phi) is 7.36. The van der Waals surface area contributed by atoms with Crippen molar-refractivity contribution in [1.82, 2.24) is 0 Å². The molecular weight excluding hydrogens is 320 g/mol. The minimum absolute atomic E-state index is 0.336. The van der Waals surface area contributed by atoms with Crippen LogP contribution in [0.5, 0.6) is 5.75 Å². The Morgan fingerprint density at radius 3 is 2.58 bits per heavy atom. The molecule has 24 heavy (non-hydrogen) atoms. The molecule has 0 spiro atoms. The van der Waals surface area contributed by atoms with Gasteiger partial charge in [-0.25, -0.2) is 0 Å². The normalized spacial score (nSPS) is 12.5. The average Bonchev–Trinajstić information content (AvgIpc) is 2.57. The Balaban J connectivity index is 1.65. The lowest BCUT2D eigenvalue weighted by Gasteiger charge is -2.12. The molecule has 1 N–H and O–H groups in total. The fraction of sp³-hybridized carbons (Fsp3) is 0.333. The number of ether oxygens (including phenoxy) is 1. The summed E-state index contributed by atoms with van der Waals surface area (Å²) in [6, 6.07) is 13.9. The second kappa shape index (κ2) is 9.51. The zero-order valence-electron chi connectivity index (χ0n) is 14.3. The van der Waals surface area contributed by atoms with Crippen LogP contribution in [0.3, 0.4) is 0 Å². The SMILES string of the molecule is Cc1ccc(OCC(O)CCC/C=C/c2ccc(Cl)c(C)c2)cc1. The quantitative estimate of drug-likeness (QED) is 0.633. The molecule has 0 saturated heterocycles. The summed E-state index contributed by atoms with van der Waals surface area (Å²) in [6.45, 7) is 4.38. The molecule has 0 bridgehead atoms. The van der Waals surface area contributed by atoms with Crippen molar-refractivity contribution in [3.63, 3.8) is 0 Å². The van der Waals surface area contributed by atoms with E-state index in [4.69, 9.17) is 16.3 Å². The highest BCUT2D eigenvalue weighted by Gasteiger charge is 2.04. The first-order chi connectivity index (χ1) is 11.5. The molecule has 1 atom stereocenters. The van der Waals surface area contributed by atoms with Gasteiger partial charge in [0, 0.05) is 5.02 Å². The minimum Gasteiger partial charge on any atom is -0.491 e. The Labute approximate surface area is 149 Å². The number of rotatable bonds is 8. The largest absolute Gasteiger partial charge is 0.491 e. The van der Waals surface area contributed by atoms with Crippen LogP contribution >= 0.6 is 11.6 Å². The first-order valence-electron chi connectivity index (χ1n) is 8.35. The van der Waals surface area contributed by atoms with E-state index in [1.807, 2.05) is 50.2 Å². The molecule has 3 heteroatoms. The molecule has 0 aliphatic carbocycles. The van der Waals surface area contributed by atoms with E-state index < -0.39 is 6.10 Å². The van der Waals surface area contributed by atoms with Crippen molar-refractivity contribution in [2.45, 2.75) is 39.2 Å². The van der Waals surface area contributed by atoms with E-state index in [2.05, 4.69) is 18.2 Å². The van der Waals surface area contributed by atoms with Crippen molar-refractivity contribution >= 4 is 17.7 Å². The molecule has 2 nitrogen and oxygen atoms in total. The molecule has 0 aromatic heterocycles. The highest BCUT2D eigenvalue weighted by Crippen LogP contribution is 2.17. The van der Waals surface area contributed by atoms with Crippen LogP contribution in [0.1, 0.15) is 36.0 Å². The van der Waals surface area contributed by atoms with Gasteiger partial charge in [-0.15, -0.1) is 0 Å². The first-order valence-corrected chi connectivity index (χ1v) is 8.72. The van der Waals surface area contributed by atoms with Gasteiger partial charge in [-0.05, 0) is 62.4 Å². The third-order valence-electron chi connectivity index (χ3n) is 3.86. The number of allylic oxidation sites excluding steroid dienone is 1. The molecular formula is C21H25ClO2. The van der Waals surface area contributed by atoms with Gasteiger partial charge in [0.1, 0.15) is 12.4 Å². The van der Waals surface area contributed by atoms with Crippen LogP contribution in [0.25, 0.3) is 6.08 Å². The smallest absolute Gasteiger partial charge is 0.119 e. The summed E-state index contributed by atoms with van der Waals surface area (Å²) in [5, 5.41) is 10.8. The van der Waals surface area contributed by atoms with Gasteiger partial charge in [0.15, 0.2) is 0 Å². The summed E-state index contributed by atoms with van der Waals surface area (Å²) in [4.78, 5) is 0. The molecule has 2 aromatic carbocycles. The van der Waals surface area contributed by atoms with E-state index in [0.717, 1.165) is 41.2 Å². The van der Waals surface area contributed by atoms with E-state index in [0.29, 0.717) is 6.61 Å². The van der Waals surface area contributed by atoms with E-state index in [1.54, 1.807) is 0 Å². The Bertz CT molecular complexity index is 662. The molecule has 1 unspecified atom stereocenters. The number of unbranched alkanes of at least 4 members (excludes halogenated alkanes) is 1. The van der Waals surface area contributed by atoms with Gasteiger partial charge in [-0.3, -0.25) is 0 Å². The molecule has 0 saturated carbocycles. The minimum atomic E-state index is -0.433. The summed E-state index contributed by atoms with van der Waals surface area (Å²) in [6.07, 6.45) is 6.40. The fourth-order valence-corrected chi connectivity index (χ4v) is 2.49. The van der Waals surface area contributed by atoms with Gasteiger partial charge < -0.3 is 9.84 Å². The average molecular weight is 345 g/mol. The third kappa shape index (κ3) is 6.38. The first kappa shape index (κ1) is 18.6. The molecule has 0 amide bonds. The number of halogens is 1. The highest BCUT2D eigenvalue weighted by molar-refractivity contribution is 6.31. The predicted molar refractivity (Wildman–Crippen MR) is 102 cm³/mol. The van der Waals surface area contributed by atoms with E-state index in [9.17, 15) is 5.11 Å². The molecule has 0 heterocycles. The molecule has 0 radical (unpaired) electrons. The molecule has 0 fully saturated rings. The lowest BCUT2D eigenvalue weighted by molar-refractivity contribution is 0.0984. The number of hydrogen-bond donors (Lipinski definition) is 1. The third-order valence-corrected chi connectivity index (χ3v) is 4.29. The second-order valence-corrected chi connectivity index (χ2v) is 6.53. The van der Waals surface area contributed by atoms with Crippen LogP contribution in [0.4, 0.5) is 0 Å². The van der Waals surface area contributed by atoms with E-state index >= 15 is 0 Å². The standard InChI is InChI=1S/C21H25ClO2/c1-16-8-11-20(12-9-16)24-15-19(23)7-5-3-4-6-18-10-13-21(22)17(2)14-18/h4,6,8-14,19,23H,3,5,7,15H2,1-2H3/b6-4+. The van der Waals surface area contributed by atoms with Crippen LogP contribution in [0.2, 0.25) is 5.02 Å². The Hall–Kier alpha value is -1.77. The van der Waals surface area contributed by atoms with Crippen molar-refractivity contribution in [3.8, 4) is 5.75 Å². The van der Waals surface area contributed by atoms with E-state index in [-0.39, 0.29) is 0 Å². The molecule has 0 aliphatic heterocycles. The zero-order valence-corrected chi connectivity index (χ0v) is 15.1. The van der Waals surface area contributed by atoms with Crippen molar-refractivity contribution in [2.75, 3.05) is 6.61 Å². The fourth-order valence-electron chi connectivity index (χ4n) is 2.37. The van der Waals surface area contributed by atoms with Gasteiger partial charge in [0.2, 0.25) is 0 Å². The maximum absolute atomic E-state index is 9.98. The van der Waals surface area contributed by atoms with Crippen LogP contribution in [0, 0.1) is 13.8 Å². The van der Waals surface area contributed by atoms with Gasteiger partial charge in [-0.2, -0.15) is 0 Å². The highest BCUT2D eigenvalue weighted by atomic mass is 35.5. The number of hydrogen-bond acceptors (Lipinski definition) is 2. The van der Waals surface area contributed by atoms with Crippen molar-refractivity contribution in [1.29, 1.82) is 0 Å². The topological polar surface area (TPSA) is 29.5 Å². The number of aliphatic hydroxyl groups excluding tert-OH is 1. The van der Waals surface area contributed by atoms with Gasteiger partial charge in [0.25, 0.3) is 0 Å². The lowest BCUT2D eigenvalue weighted by Crippen LogP contribution is -2.17. The molecule has 2 aromatic rings. The maximum atomic E-state index is 9.98. The van der Waals surface area contributed by atoms with Crippen LogP contribution in [0.15, 0.2) is 48.5 Å². The zero-order chi connectivity index (χ0) is 17.4. The molecule has 2 rings (SSSR count). The summed E-state index contributed by atoms with van der Waals surface area (Å²) in [5.74, 6) is 0.803. The number of aryl methyl sites for hydroxylation is 2. The Morgan fingerprint density at radius 2 is 1.88 bits per heavy atom. The van der Waals surface area contributed by atoms with Crippen molar-refractivity contribution in [2.24, 2.45) is 0 Å². The van der Waals surface area contributed by atoms with Crippen LogP contribution in [-0.4, -0.2) is 17.8 Å². The van der Waals surface area contributed by atoms with Crippen LogP contribution in [-0.2, 0) is 0 Å². The van der Waals surface area contributed by atoms with E-state index in [1.165, 1.54) is 5.56 Å². The van der Waals surface area contributed by atoms with Crippen molar-refractivity contribution in [3.05, 3.63) is 70.3 Å². The molecule has 128 valence electrons. The summed E-state index contributed by atoms with van der Waals surface area (Å²) in [5.41, 5.74) is 3.44. The van der Waals surface area contributed by atoms with Gasteiger partial charge in [-0.1, -0.05) is 53.6 Å². The lowest BCUT2D eigenvalue weighted by atomic mass is 10.1. The number of benzene rings is 2. The summed E-state index contributed by atoms with van der Waals surface area (Å²) < 4.78 is 5.59. The van der Waals surface area contributed by atoms with Crippen LogP contribution < -0.4 is 4.74 Å². The van der Waals surface area contributed by atoms with Gasteiger partial charge in [0.05, 0.1) is 6.10 Å². The monoisotopic (exact) mass is 344 g/mol. The predicted octanol–water partition coefficient (Wildman–Crippen LogP) is 5.58. The molecule has 0 aliphatic rings. The summed E-state index contributed by atoms with van der Waals surface area (Å²) >= 11 is 6.02.